The summed E-state index contributed by atoms with van der Waals surface area (Å²) in [5.41, 5.74) is 2.98. The van der Waals surface area contributed by atoms with Gasteiger partial charge < -0.3 is 15.2 Å². The van der Waals surface area contributed by atoms with Crippen molar-refractivity contribution in [2.45, 2.75) is 13.2 Å². The molecule has 0 fully saturated rings. The summed E-state index contributed by atoms with van der Waals surface area (Å²) >= 11 is 0. The molecule has 2 rings (SSSR count). The summed E-state index contributed by atoms with van der Waals surface area (Å²) < 4.78 is 5.17. The molecule has 0 aliphatic carbocycles. The molecule has 3 nitrogen and oxygen atoms in total. The Morgan fingerprint density at radius 2 is 1.89 bits per heavy atom. The van der Waals surface area contributed by atoms with Gasteiger partial charge in [-0.1, -0.05) is 30.3 Å². The average molecular weight is 243 g/mol. The molecule has 2 N–H and O–H groups in total. The van der Waals surface area contributed by atoms with Crippen LogP contribution in [-0.2, 0) is 13.2 Å². The zero-order valence-corrected chi connectivity index (χ0v) is 10.4. The van der Waals surface area contributed by atoms with E-state index in [4.69, 9.17) is 4.74 Å². The summed E-state index contributed by atoms with van der Waals surface area (Å²) in [6.45, 7) is 0.738. The Labute approximate surface area is 107 Å². The van der Waals surface area contributed by atoms with E-state index in [1.54, 1.807) is 7.11 Å². The second-order valence-electron chi connectivity index (χ2n) is 4.02. The van der Waals surface area contributed by atoms with E-state index in [9.17, 15) is 5.11 Å². The van der Waals surface area contributed by atoms with Gasteiger partial charge in [0.15, 0.2) is 0 Å². The number of rotatable bonds is 5. The van der Waals surface area contributed by atoms with Gasteiger partial charge in [0, 0.05) is 17.8 Å². The van der Waals surface area contributed by atoms with Crippen LogP contribution in [0.4, 0.5) is 5.69 Å². The predicted molar refractivity (Wildman–Crippen MR) is 72.7 cm³/mol. The summed E-state index contributed by atoms with van der Waals surface area (Å²) in [6.07, 6.45) is 0. The second-order valence-corrected chi connectivity index (χ2v) is 4.02. The minimum atomic E-state index is -0.0238. The average Bonchev–Trinajstić information content (AvgIpc) is 2.45. The highest BCUT2D eigenvalue weighted by molar-refractivity contribution is 5.51. The Morgan fingerprint density at radius 1 is 1.11 bits per heavy atom. The van der Waals surface area contributed by atoms with E-state index in [0.29, 0.717) is 5.75 Å². The minimum absolute atomic E-state index is 0.0238. The Bertz CT molecular complexity index is 497. The van der Waals surface area contributed by atoms with Gasteiger partial charge in [0.2, 0.25) is 0 Å². The number of ether oxygens (including phenoxy) is 1. The Balaban J connectivity index is 2.06. The van der Waals surface area contributed by atoms with Gasteiger partial charge >= 0.3 is 0 Å². The number of aliphatic hydroxyl groups excluding tert-OH is 1. The summed E-state index contributed by atoms with van der Waals surface area (Å²) in [5, 5.41) is 12.6. The zero-order valence-electron chi connectivity index (χ0n) is 10.4. The molecule has 18 heavy (non-hydrogen) atoms. The maximum absolute atomic E-state index is 9.25. The minimum Gasteiger partial charge on any atom is -0.496 e. The number of methoxy groups -OCH3 is 1. The van der Waals surface area contributed by atoms with Crippen molar-refractivity contribution in [2.75, 3.05) is 12.4 Å². The maximum Gasteiger partial charge on any atom is 0.124 e. The van der Waals surface area contributed by atoms with Gasteiger partial charge in [-0.05, 0) is 23.8 Å². The van der Waals surface area contributed by atoms with Crippen molar-refractivity contribution >= 4 is 5.69 Å². The van der Waals surface area contributed by atoms with Crippen LogP contribution in [-0.4, -0.2) is 12.2 Å². The number of hydrogen-bond donors (Lipinski definition) is 2. The fourth-order valence-electron chi connectivity index (χ4n) is 1.81. The Morgan fingerprint density at radius 3 is 2.56 bits per heavy atom. The molecule has 94 valence electrons. The lowest BCUT2D eigenvalue weighted by Crippen LogP contribution is -2.00. The van der Waals surface area contributed by atoms with Crippen LogP contribution < -0.4 is 10.1 Å². The van der Waals surface area contributed by atoms with Crippen LogP contribution in [0.25, 0.3) is 0 Å². The first kappa shape index (κ1) is 12.5. The molecule has 0 radical (unpaired) electrons. The normalized spacial score (nSPS) is 10.1. The first-order chi connectivity index (χ1) is 8.83. The number of nitrogens with one attached hydrogen (secondary N) is 1. The van der Waals surface area contributed by atoms with Crippen molar-refractivity contribution in [3.63, 3.8) is 0 Å². The SMILES string of the molecule is COc1ccc(NCc2ccccc2)cc1CO. The van der Waals surface area contributed by atoms with E-state index >= 15 is 0 Å². The second kappa shape index (κ2) is 6.07. The van der Waals surface area contributed by atoms with Gasteiger partial charge in [0.1, 0.15) is 5.75 Å². The smallest absolute Gasteiger partial charge is 0.124 e. The zero-order chi connectivity index (χ0) is 12.8. The molecule has 0 bridgehead atoms. The Kier molecular flexibility index (Phi) is 4.20. The molecule has 0 saturated heterocycles. The van der Waals surface area contributed by atoms with Gasteiger partial charge in [0.25, 0.3) is 0 Å². The van der Waals surface area contributed by atoms with E-state index in [-0.39, 0.29) is 6.61 Å². The Hall–Kier alpha value is -2.00. The highest BCUT2D eigenvalue weighted by Crippen LogP contribution is 2.22. The third-order valence-corrected chi connectivity index (χ3v) is 2.79. The lowest BCUT2D eigenvalue weighted by Gasteiger charge is -2.11. The largest absolute Gasteiger partial charge is 0.496 e. The van der Waals surface area contributed by atoms with E-state index in [1.165, 1.54) is 5.56 Å². The number of benzene rings is 2. The highest BCUT2D eigenvalue weighted by atomic mass is 16.5. The summed E-state index contributed by atoms with van der Waals surface area (Å²) in [4.78, 5) is 0. The monoisotopic (exact) mass is 243 g/mol. The summed E-state index contributed by atoms with van der Waals surface area (Å²) in [7, 11) is 1.60. The molecule has 0 amide bonds. The van der Waals surface area contributed by atoms with E-state index in [0.717, 1.165) is 17.8 Å². The van der Waals surface area contributed by atoms with Crippen molar-refractivity contribution < 1.29 is 9.84 Å². The van der Waals surface area contributed by atoms with Crippen LogP contribution in [0.5, 0.6) is 5.75 Å². The molecule has 2 aromatic carbocycles. The third-order valence-electron chi connectivity index (χ3n) is 2.79. The lowest BCUT2D eigenvalue weighted by atomic mass is 10.1. The van der Waals surface area contributed by atoms with Crippen molar-refractivity contribution in [2.24, 2.45) is 0 Å². The van der Waals surface area contributed by atoms with Crippen molar-refractivity contribution in [1.29, 1.82) is 0 Å². The first-order valence-corrected chi connectivity index (χ1v) is 5.89. The molecule has 0 aliphatic rings. The molecule has 0 unspecified atom stereocenters. The van der Waals surface area contributed by atoms with Gasteiger partial charge in [-0.15, -0.1) is 0 Å². The van der Waals surface area contributed by atoms with Gasteiger partial charge in [-0.2, -0.15) is 0 Å². The predicted octanol–water partition coefficient (Wildman–Crippen LogP) is 2.80. The standard InChI is InChI=1S/C15H17NO2/c1-18-15-8-7-14(9-13(15)11-17)16-10-12-5-3-2-4-6-12/h2-9,16-17H,10-11H2,1H3. The first-order valence-electron chi connectivity index (χ1n) is 5.89. The van der Waals surface area contributed by atoms with Crippen molar-refractivity contribution in [3.8, 4) is 5.75 Å². The van der Waals surface area contributed by atoms with Gasteiger partial charge in [0.05, 0.1) is 13.7 Å². The highest BCUT2D eigenvalue weighted by Gasteiger charge is 2.03. The maximum atomic E-state index is 9.25. The quantitative estimate of drug-likeness (QED) is 0.848. The van der Waals surface area contributed by atoms with Crippen molar-refractivity contribution in [1.82, 2.24) is 0 Å². The molecule has 0 atom stereocenters. The molecule has 2 aromatic rings. The number of hydrogen-bond acceptors (Lipinski definition) is 3. The fourth-order valence-corrected chi connectivity index (χ4v) is 1.81. The fraction of sp³-hybridized carbons (Fsp3) is 0.200. The van der Waals surface area contributed by atoms with E-state index in [2.05, 4.69) is 17.4 Å². The summed E-state index contributed by atoms with van der Waals surface area (Å²) in [6, 6.07) is 15.9. The molecule has 0 spiro atoms. The molecule has 3 heteroatoms. The van der Waals surface area contributed by atoms with Gasteiger partial charge in [-0.3, -0.25) is 0 Å². The van der Waals surface area contributed by atoms with Crippen LogP contribution >= 0.6 is 0 Å². The summed E-state index contributed by atoms with van der Waals surface area (Å²) in [5.74, 6) is 0.711. The number of anilines is 1. The molecule has 0 heterocycles. The van der Waals surface area contributed by atoms with Crippen LogP contribution in [0, 0.1) is 0 Å². The third kappa shape index (κ3) is 3.02. The molecule has 0 saturated carbocycles. The van der Waals surface area contributed by atoms with Crippen molar-refractivity contribution in [3.05, 3.63) is 59.7 Å². The van der Waals surface area contributed by atoms with Gasteiger partial charge in [-0.25, -0.2) is 0 Å². The van der Waals surface area contributed by atoms with E-state index in [1.807, 2.05) is 36.4 Å². The van der Waals surface area contributed by atoms with Crippen LogP contribution in [0.1, 0.15) is 11.1 Å². The van der Waals surface area contributed by atoms with Crippen LogP contribution in [0.2, 0.25) is 0 Å². The number of aliphatic hydroxyl groups is 1. The lowest BCUT2D eigenvalue weighted by molar-refractivity contribution is 0.274. The van der Waals surface area contributed by atoms with Crippen LogP contribution in [0.3, 0.4) is 0 Å². The molecular weight excluding hydrogens is 226 g/mol. The van der Waals surface area contributed by atoms with Crippen LogP contribution in [0.15, 0.2) is 48.5 Å². The molecule has 0 aromatic heterocycles. The topological polar surface area (TPSA) is 41.5 Å². The molecular formula is C15H17NO2. The van der Waals surface area contributed by atoms with E-state index < -0.39 is 0 Å². The molecule has 0 aliphatic heterocycles.